The normalized spacial score (nSPS) is 27.2. The van der Waals surface area contributed by atoms with E-state index in [1.54, 1.807) is 21.0 Å². The quantitative estimate of drug-likeness (QED) is 0.0392. The number of hydrogen-bond donors (Lipinski definition) is 8. The number of nitrogens with one attached hydrogen (secondary N) is 7. The summed E-state index contributed by atoms with van der Waals surface area (Å²) in [5, 5.41) is 29.8. The summed E-state index contributed by atoms with van der Waals surface area (Å²) in [7, 11) is 1.65. The molecule has 19 nitrogen and oxygen atoms in total. The van der Waals surface area contributed by atoms with Crippen molar-refractivity contribution in [2.45, 2.75) is 213 Å². The van der Waals surface area contributed by atoms with Crippen LogP contribution in [0, 0.1) is 34.5 Å². The van der Waals surface area contributed by atoms with Crippen molar-refractivity contribution >= 4 is 41.5 Å². The van der Waals surface area contributed by atoms with Gasteiger partial charge in [0, 0.05) is 43.0 Å². The minimum absolute atomic E-state index is 0.0353. The van der Waals surface area contributed by atoms with Gasteiger partial charge in [-0.05, 0) is 115 Å². The maximum Gasteiger partial charge on any atom is 0.407 e. The number of epoxide rings is 2. The van der Waals surface area contributed by atoms with Gasteiger partial charge in [0.1, 0.15) is 35.5 Å². The Hall–Kier alpha value is -5.11. The molecule has 2 saturated heterocycles. The van der Waals surface area contributed by atoms with E-state index in [1.165, 1.54) is 5.57 Å². The third-order valence-corrected chi connectivity index (χ3v) is 16.5. The number of alkyl carbamates (subject to hydrolysis) is 1. The van der Waals surface area contributed by atoms with Gasteiger partial charge in [0.2, 0.25) is 35.4 Å². The van der Waals surface area contributed by atoms with Crippen LogP contribution in [0.5, 0.6) is 0 Å². The highest BCUT2D eigenvalue weighted by atomic mass is 16.6. The van der Waals surface area contributed by atoms with Crippen molar-refractivity contribution in [1.82, 2.24) is 37.2 Å². The molecule has 1 spiro atoms. The van der Waals surface area contributed by atoms with Crippen molar-refractivity contribution in [3.63, 3.8) is 0 Å². The van der Waals surface area contributed by atoms with Gasteiger partial charge in [0.05, 0.1) is 37.8 Å². The molecule has 6 unspecified atom stereocenters. The highest BCUT2D eigenvalue weighted by Gasteiger charge is 2.72. The van der Waals surface area contributed by atoms with Gasteiger partial charge >= 0.3 is 6.09 Å². The van der Waals surface area contributed by atoms with Crippen LogP contribution in [0.2, 0.25) is 0 Å². The van der Waals surface area contributed by atoms with Crippen molar-refractivity contribution in [2.24, 2.45) is 34.5 Å². The second-order valence-electron chi connectivity index (χ2n) is 24.9. The average molecular weight is 1090 g/mol. The number of rotatable bonds is 28. The van der Waals surface area contributed by atoms with Gasteiger partial charge in [-0.15, -0.1) is 0 Å². The van der Waals surface area contributed by atoms with Gasteiger partial charge in [0.15, 0.2) is 0 Å². The Morgan fingerprint density at radius 2 is 1.42 bits per heavy atom. The molecule has 4 fully saturated rings. The fraction of sp³-hybridized carbons (Fsp3) is 0.746. The maximum atomic E-state index is 14.1. The zero-order valence-corrected chi connectivity index (χ0v) is 48.9. The lowest BCUT2D eigenvalue weighted by Crippen LogP contribution is -2.57. The van der Waals surface area contributed by atoms with Gasteiger partial charge in [-0.1, -0.05) is 97.4 Å². The molecule has 0 bridgehead atoms. The van der Waals surface area contributed by atoms with Gasteiger partial charge < -0.3 is 61.3 Å². The Kier molecular flexibility index (Phi) is 22.8. The number of hydrogen-bond acceptors (Lipinski definition) is 12. The molecule has 8 N–H and O–H groups in total. The standard InChI is InChI=1S/C59H95N7O12/c1-35(2)19-24-46-58(12,78-46)50-49(75-13)45(25-26-59(50)34-76-59)77-55(74)64-42-22-20-41(21-23-42)63-47(68)31-60-51(70)43(27-36(3)4)66-52(71)44(28-40-17-15-14-16-18-40)65-48(69)32-62-54(73)57(11,38(7)8)33-56(10,29-37(5)6)53(72)61-30-39(9)67/h14-19,36-39,41-46,49-50,67H,20-34H2,1-13H3,(H,60,70)(H,61,72)(H,62,73)(H,63,68)(H,64,74)(H,65,69)(H,66,71)/t39?,41?,42?,43-,44-,45?,46+,49?,50?,56?,57?,58+,59-/m0/s1. The predicted molar refractivity (Wildman–Crippen MR) is 296 cm³/mol. The van der Waals surface area contributed by atoms with Crippen molar-refractivity contribution in [2.75, 3.05) is 33.4 Å². The van der Waals surface area contributed by atoms with Gasteiger partial charge in [-0.2, -0.15) is 0 Å². The number of amides is 7. The molecular weight excluding hydrogens is 999 g/mol. The zero-order valence-electron chi connectivity index (χ0n) is 48.9. The number of carbonyl (C=O) groups is 7. The van der Waals surface area contributed by atoms with E-state index in [-0.39, 0.29) is 85.7 Å². The third kappa shape index (κ3) is 17.7. The van der Waals surface area contributed by atoms with E-state index in [0.29, 0.717) is 45.1 Å². The van der Waals surface area contributed by atoms with Crippen LogP contribution in [-0.2, 0) is 54.1 Å². The van der Waals surface area contributed by atoms with Crippen LogP contribution in [0.15, 0.2) is 42.0 Å². The minimum Gasteiger partial charge on any atom is -0.443 e. The van der Waals surface area contributed by atoms with Gasteiger partial charge in [-0.3, -0.25) is 28.8 Å². The predicted octanol–water partition coefficient (Wildman–Crippen LogP) is 5.31. The lowest BCUT2D eigenvalue weighted by Gasteiger charge is -2.42. The first-order chi connectivity index (χ1) is 36.6. The van der Waals surface area contributed by atoms with Crippen molar-refractivity contribution in [3.8, 4) is 0 Å². The number of ether oxygens (including phenoxy) is 4. The van der Waals surface area contributed by atoms with Crippen molar-refractivity contribution in [3.05, 3.63) is 47.5 Å². The Morgan fingerprint density at radius 3 is 1.99 bits per heavy atom. The van der Waals surface area contributed by atoms with E-state index in [2.05, 4.69) is 64.1 Å². The third-order valence-electron chi connectivity index (χ3n) is 16.5. The molecule has 2 heterocycles. The first-order valence-electron chi connectivity index (χ1n) is 28.5. The Bertz CT molecular complexity index is 2240. The second-order valence-corrected chi connectivity index (χ2v) is 24.9. The number of aliphatic hydroxyl groups excluding tert-OH is 1. The van der Waals surface area contributed by atoms with Crippen LogP contribution in [0.1, 0.15) is 153 Å². The molecule has 0 aromatic heterocycles. The van der Waals surface area contributed by atoms with Crippen LogP contribution in [0.25, 0.3) is 0 Å². The molecule has 438 valence electrons. The number of benzene rings is 1. The molecule has 11 atom stereocenters. The Balaban J connectivity index is 1.11. The zero-order chi connectivity index (χ0) is 57.8. The van der Waals surface area contributed by atoms with E-state index in [4.69, 9.17) is 18.9 Å². The monoisotopic (exact) mass is 1090 g/mol. The van der Waals surface area contributed by atoms with E-state index in [0.717, 1.165) is 18.4 Å². The number of methoxy groups -OCH3 is 1. The molecule has 1 aromatic rings. The first kappa shape index (κ1) is 63.7. The summed E-state index contributed by atoms with van der Waals surface area (Å²) in [5.41, 5.74) is -0.846. The molecular formula is C59H95N7O12. The molecule has 5 rings (SSSR count). The van der Waals surface area contributed by atoms with Gasteiger partial charge in [0.25, 0.3) is 0 Å². The SMILES string of the molecule is COC1C(OC(=O)NC2CCC(NC(=O)CNC(=O)[C@H](CC(C)C)NC(=O)[C@H](Cc3ccccc3)NC(=O)CNC(=O)C(C)(CC(C)(CC(C)C)C(=O)NCC(C)O)C(C)C)CC2)CC[C@]2(CO2)C1[C@]1(C)O[C@@H]1CC=C(C)C. The van der Waals surface area contributed by atoms with E-state index < -0.39 is 89.0 Å². The molecule has 19 heteroatoms. The first-order valence-corrected chi connectivity index (χ1v) is 28.5. The lowest BCUT2D eigenvalue weighted by molar-refractivity contribution is -0.142. The van der Waals surface area contributed by atoms with Crippen LogP contribution < -0.4 is 37.2 Å². The summed E-state index contributed by atoms with van der Waals surface area (Å²) in [5.74, 6) is -3.13. The van der Waals surface area contributed by atoms with Crippen LogP contribution in [-0.4, -0.2) is 140 Å². The summed E-state index contributed by atoms with van der Waals surface area (Å²) >= 11 is 0. The number of aliphatic hydroxyl groups is 1. The fourth-order valence-corrected chi connectivity index (χ4v) is 12.0. The average Bonchev–Trinajstić information content (AvgIpc) is 4.35. The minimum atomic E-state index is -1.14. The van der Waals surface area contributed by atoms with Crippen LogP contribution in [0.3, 0.4) is 0 Å². The maximum absolute atomic E-state index is 14.1. The molecule has 2 aliphatic carbocycles. The van der Waals surface area contributed by atoms with Crippen molar-refractivity contribution in [1.29, 1.82) is 0 Å². The summed E-state index contributed by atoms with van der Waals surface area (Å²) in [6, 6.07) is 6.58. The number of carbonyl (C=O) groups excluding carboxylic acids is 7. The summed E-state index contributed by atoms with van der Waals surface area (Å²) < 4.78 is 24.5. The summed E-state index contributed by atoms with van der Waals surface area (Å²) in [6.45, 7) is 23.0. The van der Waals surface area contributed by atoms with E-state index in [1.807, 2.05) is 78.8 Å². The lowest BCUT2D eigenvalue weighted by atomic mass is 9.64. The fourth-order valence-electron chi connectivity index (χ4n) is 12.0. The molecule has 7 amide bonds. The molecule has 78 heavy (non-hydrogen) atoms. The van der Waals surface area contributed by atoms with E-state index in [9.17, 15) is 38.7 Å². The van der Waals surface area contributed by atoms with Crippen molar-refractivity contribution < 1.29 is 57.6 Å². The van der Waals surface area contributed by atoms with Crippen LogP contribution >= 0.6 is 0 Å². The highest BCUT2D eigenvalue weighted by molar-refractivity contribution is 5.95. The molecule has 4 aliphatic rings. The van der Waals surface area contributed by atoms with Crippen LogP contribution in [0.4, 0.5) is 4.79 Å². The molecule has 1 aromatic carbocycles. The summed E-state index contributed by atoms with van der Waals surface area (Å²) in [6.07, 6.45) is 5.69. The molecule has 2 saturated carbocycles. The second kappa shape index (κ2) is 27.9. The van der Waals surface area contributed by atoms with Gasteiger partial charge in [-0.25, -0.2) is 4.79 Å². The molecule has 2 aliphatic heterocycles. The summed E-state index contributed by atoms with van der Waals surface area (Å²) in [4.78, 5) is 95.8. The molecule has 0 radical (unpaired) electrons. The Morgan fingerprint density at radius 1 is 0.795 bits per heavy atom. The largest absolute Gasteiger partial charge is 0.443 e. The van der Waals surface area contributed by atoms with E-state index >= 15 is 0 Å². The number of allylic oxidation sites excluding steroid dienone is 1. The topological polar surface area (TPSA) is 267 Å². The highest BCUT2D eigenvalue weighted by Crippen LogP contribution is 2.59. The Labute approximate surface area is 463 Å². The smallest absolute Gasteiger partial charge is 0.407 e.